The first-order chi connectivity index (χ1) is 6.38. The van der Waals surface area contributed by atoms with Crippen LogP contribution in [0, 0.1) is 11.6 Å². The molecule has 1 N–H and O–H groups in total. The molecule has 0 aliphatic carbocycles. The van der Waals surface area contributed by atoms with E-state index in [9.17, 15) is 17.2 Å². The van der Waals surface area contributed by atoms with E-state index in [1.807, 2.05) is 0 Å². The molecule has 78 valence electrons. The maximum absolute atomic E-state index is 12.6. The van der Waals surface area contributed by atoms with Crippen LogP contribution in [-0.4, -0.2) is 14.7 Å². The van der Waals surface area contributed by atoms with Crippen molar-refractivity contribution in [1.82, 2.24) is 4.72 Å². The Hall–Kier alpha value is -1.01. The lowest BCUT2D eigenvalue weighted by atomic mass is 10.2. The van der Waals surface area contributed by atoms with Crippen LogP contribution < -0.4 is 4.72 Å². The molecular weight excluding hydrogens is 212 g/mol. The number of hydrogen-bond acceptors (Lipinski definition) is 2. The number of benzene rings is 1. The highest BCUT2D eigenvalue weighted by Gasteiger charge is 2.04. The fourth-order valence-electron chi connectivity index (χ4n) is 0.864. The standard InChI is InChI=1S/C8H9F2NO2S/c1-14(12,13)11-5-6-2-3-7(9)8(10)4-6/h2-4,11H,5H2,1H3. The highest BCUT2D eigenvalue weighted by atomic mass is 32.2. The minimum absolute atomic E-state index is 0.0456. The second-order valence-corrected chi connectivity index (χ2v) is 4.67. The molecule has 0 aliphatic rings. The van der Waals surface area contributed by atoms with E-state index in [1.165, 1.54) is 6.07 Å². The van der Waals surface area contributed by atoms with Gasteiger partial charge in [-0.3, -0.25) is 0 Å². The maximum atomic E-state index is 12.6. The maximum Gasteiger partial charge on any atom is 0.209 e. The molecular formula is C8H9F2NO2S. The van der Waals surface area contributed by atoms with Crippen molar-refractivity contribution in [2.24, 2.45) is 0 Å². The lowest BCUT2D eigenvalue weighted by Crippen LogP contribution is -2.21. The van der Waals surface area contributed by atoms with Gasteiger partial charge in [-0.15, -0.1) is 0 Å². The van der Waals surface area contributed by atoms with Crippen LogP contribution in [0.4, 0.5) is 8.78 Å². The van der Waals surface area contributed by atoms with E-state index in [0.717, 1.165) is 18.4 Å². The zero-order valence-corrected chi connectivity index (χ0v) is 8.24. The molecule has 1 aromatic carbocycles. The van der Waals surface area contributed by atoms with E-state index in [4.69, 9.17) is 0 Å². The Morgan fingerprint density at radius 3 is 2.43 bits per heavy atom. The minimum Gasteiger partial charge on any atom is -0.213 e. The van der Waals surface area contributed by atoms with Gasteiger partial charge in [-0.25, -0.2) is 21.9 Å². The van der Waals surface area contributed by atoms with Gasteiger partial charge in [-0.1, -0.05) is 6.07 Å². The Kier molecular flexibility index (Phi) is 3.17. The van der Waals surface area contributed by atoms with Crippen molar-refractivity contribution >= 4 is 10.0 Å². The second-order valence-electron chi connectivity index (χ2n) is 2.84. The lowest BCUT2D eigenvalue weighted by Gasteiger charge is -2.02. The Bertz CT molecular complexity index is 431. The van der Waals surface area contributed by atoms with Gasteiger partial charge in [0.25, 0.3) is 0 Å². The zero-order valence-electron chi connectivity index (χ0n) is 7.42. The van der Waals surface area contributed by atoms with Gasteiger partial charge in [0.15, 0.2) is 11.6 Å². The lowest BCUT2D eigenvalue weighted by molar-refractivity contribution is 0.506. The van der Waals surface area contributed by atoms with Crippen LogP contribution in [-0.2, 0) is 16.6 Å². The topological polar surface area (TPSA) is 46.2 Å². The van der Waals surface area contributed by atoms with Gasteiger partial charge in [0.05, 0.1) is 6.26 Å². The molecule has 0 atom stereocenters. The van der Waals surface area contributed by atoms with Gasteiger partial charge in [-0.05, 0) is 17.7 Å². The van der Waals surface area contributed by atoms with Gasteiger partial charge in [0.1, 0.15) is 0 Å². The number of rotatable bonds is 3. The van der Waals surface area contributed by atoms with Gasteiger partial charge in [-0.2, -0.15) is 0 Å². The third kappa shape index (κ3) is 3.39. The molecule has 0 saturated carbocycles. The largest absolute Gasteiger partial charge is 0.213 e. The molecule has 0 radical (unpaired) electrons. The SMILES string of the molecule is CS(=O)(=O)NCc1ccc(F)c(F)c1. The summed E-state index contributed by atoms with van der Waals surface area (Å²) in [6, 6.07) is 3.22. The number of sulfonamides is 1. The molecule has 0 bridgehead atoms. The highest BCUT2D eigenvalue weighted by molar-refractivity contribution is 7.88. The van der Waals surface area contributed by atoms with Crippen LogP contribution in [0.25, 0.3) is 0 Å². The third-order valence-corrected chi connectivity index (χ3v) is 2.19. The van der Waals surface area contributed by atoms with E-state index >= 15 is 0 Å². The smallest absolute Gasteiger partial charge is 0.209 e. The molecule has 1 rings (SSSR count). The van der Waals surface area contributed by atoms with Crippen molar-refractivity contribution in [1.29, 1.82) is 0 Å². The second kappa shape index (κ2) is 4.02. The summed E-state index contributed by atoms with van der Waals surface area (Å²) in [5.74, 6) is -1.94. The first kappa shape index (κ1) is 11.1. The van der Waals surface area contributed by atoms with Gasteiger partial charge in [0, 0.05) is 6.54 Å². The fraction of sp³-hybridized carbons (Fsp3) is 0.250. The summed E-state index contributed by atoms with van der Waals surface area (Å²) in [6.07, 6.45) is 0.993. The van der Waals surface area contributed by atoms with E-state index in [-0.39, 0.29) is 6.54 Å². The molecule has 14 heavy (non-hydrogen) atoms. The van der Waals surface area contributed by atoms with E-state index < -0.39 is 21.7 Å². The average Bonchev–Trinajstić information content (AvgIpc) is 2.06. The van der Waals surface area contributed by atoms with Crippen molar-refractivity contribution in [2.75, 3.05) is 6.26 Å². The first-order valence-corrected chi connectivity index (χ1v) is 5.66. The minimum atomic E-state index is -3.31. The Labute approximate surface area is 80.8 Å². The van der Waals surface area contributed by atoms with Crippen molar-refractivity contribution in [3.05, 3.63) is 35.4 Å². The molecule has 0 unspecified atom stereocenters. The number of halogens is 2. The predicted molar refractivity (Wildman–Crippen MR) is 48.0 cm³/mol. The van der Waals surface area contributed by atoms with E-state index in [1.54, 1.807) is 0 Å². The van der Waals surface area contributed by atoms with E-state index in [0.29, 0.717) is 5.56 Å². The summed E-state index contributed by atoms with van der Waals surface area (Å²) < 4.78 is 48.6. The summed E-state index contributed by atoms with van der Waals surface area (Å²) >= 11 is 0. The monoisotopic (exact) mass is 221 g/mol. The third-order valence-electron chi connectivity index (χ3n) is 1.52. The average molecular weight is 221 g/mol. The van der Waals surface area contributed by atoms with Crippen LogP contribution in [0.5, 0.6) is 0 Å². The van der Waals surface area contributed by atoms with E-state index in [2.05, 4.69) is 4.72 Å². The molecule has 0 spiro atoms. The van der Waals surface area contributed by atoms with Crippen LogP contribution in [0.1, 0.15) is 5.56 Å². The normalized spacial score (nSPS) is 11.6. The van der Waals surface area contributed by atoms with Crippen molar-refractivity contribution in [3.63, 3.8) is 0 Å². The Morgan fingerprint density at radius 2 is 1.93 bits per heavy atom. The van der Waals surface area contributed by atoms with Crippen molar-refractivity contribution in [2.45, 2.75) is 6.54 Å². The van der Waals surface area contributed by atoms with Gasteiger partial charge < -0.3 is 0 Å². The number of hydrogen-bond donors (Lipinski definition) is 1. The molecule has 0 fully saturated rings. The summed E-state index contributed by atoms with van der Waals surface area (Å²) in [7, 11) is -3.31. The van der Waals surface area contributed by atoms with Crippen LogP contribution in [0.15, 0.2) is 18.2 Å². The number of nitrogens with one attached hydrogen (secondary N) is 1. The van der Waals surface area contributed by atoms with Gasteiger partial charge in [0.2, 0.25) is 10.0 Å². The van der Waals surface area contributed by atoms with Crippen molar-refractivity contribution < 1.29 is 17.2 Å². The molecule has 1 aromatic rings. The molecule has 0 heterocycles. The fourth-order valence-corrected chi connectivity index (χ4v) is 1.29. The first-order valence-electron chi connectivity index (χ1n) is 3.77. The highest BCUT2D eigenvalue weighted by Crippen LogP contribution is 2.08. The molecule has 3 nitrogen and oxygen atoms in total. The van der Waals surface area contributed by atoms with Crippen molar-refractivity contribution in [3.8, 4) is 0 Å². The zero-order chi connectivity index (χ0) is 10.8. The van der Waals surface area contributed by atoms with Crippen LogP contribution >= 0.6 is 0 Å². The summed E-state index contributed by atoms with van der Waals surface area (Å²) in [4.78, 5) is 0. The molecule has 0 aromatic heterocycles. The summed E-state index contributed by atoms with van der Waals surface area (Å²) in [5, 5.41) is 0. The Balaban J connectivity index is 2.74. The van der Waals surface area contributed by atoms with Crippen LogP contribution in [0.2, 0.25) is 0 Å². The summed E-state index contributed by atoms with van der Waals surface area (Å²) in [6.45, 7) is -0.0456. The molecule has 0 saturated heterocycles. The van der Waals surface area contributed by atoms with Gasteiger partial charge >= 0.3 is 0 Å². The molecule has 6 heteroatoms. The predicted octanol–water partition coefficient (Wildman–Crippen LogP) is 1.01. The molecule has 0 aliphatic heterocycles. The van der Waals surface area contributed by atoms with Crippen LogP contribution in [0.3, 0.4) is 0 Å². The summed E-state index contributed by atoms with van der Waals surface area (Å²) in [5.41, 5.74) is 0.370. The molecule has 0 amide bonds. The quantitative estimate of drug-likeness (QED) is 0.828. The Morgan fingerprint density at radius 1 is 1.29 bits per heavy atom.